The van der Waals surface area contributed by atoms with Gasteiger partial charge in [-0.05, 0) is 30.2 Å². The lowest BCUT2D eigenvalue weighted by Gasteiger charge is -2.46. The second-order valence-electron chi connectivity index (χ2n) is 7.15. The Labute approximate surface area is 159 Å². The highest BCUT2D eigenvalue weighted by Crippen LogP contribution is 2.55. The molecule has 4 nitrogen and oxygen atoms in total. The molecule has 0 amide bonds. The van der Waals surface area contributed by atoms with E-state index >= 15 is 0 Å². The minimum absolute atomic E-state index is 0.0998. The fourth-order valence-electron chi connectivity index (χ4n) is 4.34. The van der Waals surface area contributed by atoms with Crippen LogP contribution in [0.25, 0.3) is 0 Å². The lowest BCUT2D eigenvalue weighted by Crippen LogP contribution is -2.48. The van der Waals surface area contributed by atoms with Crippen molar-refractivity contribution in [2.24, 2.45) is 0 Å². The van der Waals surface area contributed by atoms with Gasteiger partial charge in [0.15, 0.2) is 5.72 Å². The zero-order chi connectivity index (χ0) is 18.3. The van der Waals surface area contributed by atoms with Crippen molar-refractivity contribution in [3.63, 3.8) is 0 Å². The van der Waals surface area contributed by atoms with E-state index in [-0.39, 0.29) is 6.10 Å². The van der Waals surface area contributed by atoms with Crippen molar-refractivity contribution in [3.05, 3.63) is 89.6 Å². The molecule has 2 bridgehead atoms. The first kappa shape index (κ1) is 16.3. The molecule has 1 aromatic heterocycles. The van der Waals surface area contributed by atoms with E-state index in [1.807, 2.05) is 30.5 Å². The minimum atomic E-state index is -0.492. The molecule has 1 saturated heterocycles. The smallest absolute Gasteiger partial charge is 0.169 e. The number of pyridine rings is 1. The predicted octanol–water partition coefficient (Wildman–Crippen LogP) is 4.81. The van der Waals surface area contributed by atoms with Crippen molar-refractivity contribution >= 4 is 5.82 Å². The van der Waals surface area contributed by atoms with Gasteiger partial charge < -0.3 is 14.4 Å². The summed E-state index contributed by atoms with van der Waals surface area (Å²) in [6.45, 7) is 0.754. The third kappa shape index (κ3) is 2.60. The lowest BCUT2D eigenvalue weighted by atomic mass is 9.97. The Morgan fingerprint density at radius 2 is 1.89 bits per heavy atom. The summed E-state index contributed by atoms with van der Waals surface area (Å²) in [7, 11) is 1.69. The monoisotopic (exact) mass is 358 g/mol. The van der Waals surface area contributed by atoms with Crippen molar-refractivity contribution < 1.29 is 9.47 Å². The number of hydrogen-bond acceptors (Lipinski definition) is 4. The van der Waals surface area contributed by atoms with E-state index in [1.165, 1.54) is 11.1 Å². The molecule has 5 rings (SSSR count). The maximum absolute atomic E-state index is 6.70. The Morgan fingerprint density at radius 1 is 1.07 bits per heavy atom. The summed E-state index contributed by atoms with van der Waals surface area (Å²) in [6, 6.07) is 22.9. The Kier molecular flexibility index (Phi) is 3.87. The molecule has 2 atom stereocenters. The molecule has 2 unspecified atom stereocenters. The van der Waals surface area contributed by atoms with Gasteiger partial charge in [0.2, 0.25) is 0 Å². The summed E-state index contributed by atoms with van der Waals surface area (Å²) in [5, 5.41) is 0. The molecule has 2 aromatic carbocycles. The maximum atomic E-state index is 6.70. The third-order valence-corrected chi connectivity index (χ3v) is 5.66. The van der Waals surface area contributed by atoms with E-state index in [9.17, 15) is 0 Å². The van der Waals surface area contributed by atoms with Crippen molar-refractivity contribution in [1.29, 1.82) is 0 Å². The summed E-state index contributed by atoms with van der Waals surface area (Å²) in [5.74, 6) is 1.89. The minimum Gasteiger partial charge on any atom is -0.497 e. The van der Waals surface area contributed by atoms with Gasteiger partial charge in [0.25, 0.3) is 0 Å². The molecule has 27 heavy (non-hydrogen) atoms. The molecule has 136 valence electrons. The molecule has 0 saturated carbocycles. The SMILES string of the molecule is COc1ccc(C23CCC(O2)c2cccnc2N3Cc2ccccc2)cc1. The van der Waals surface area contributed by atoms with Gasteiger partial charge in [-0.2, -0.15) is 0 Å². The van der Waals surface area contributed by atoms with Crippen LogP contribution in [0.2, 0.25) is 0 Å². The van der Waals surface area contributed by atoms with Gasteiger partial charge in [-0.1, -0.05) is 48.5 Å². The maximum Gasteiger partial charge on any atom is 0.169 e. The number of methoxy groups -OCH3 is 1. The van der Waals surface area contributed by atoms with E-state index < -0.39 is 5.72 Å². The predicted molar refractivity (Wildman–Crippen MR) is 105 cm³/mol. The van der Waals surface area contributed by atoms with Crippen LogP contribution in [0.15, 0.2) is 72.9 Å². The van der Waals surface area contributed by atoms with Crippen LogP contribution in [0.4, 0.5) is 5.82 Å². The summed E-state index contributed by atoms with van der Waals surface area (Å²) in [4.78, 5) is 7.10. The average Bonchev–Trinajstić information content (AvgIpc) is 3.14. The topological polar surface area (TPSA) is 34.6 Å². The number of anilines is 1. The van der Waals surface area contributed by atoms with Crippen molar-refractivity contribution in [2.75, 3.05) is 12.0 Å². The van der Waals surface area contributed by atoms with Crippen molar-refractivity contribution in [2.45, 2.75) is 31.2 Å². The summed E-state index contributed by atoms with van der Waals surface area (Å²) >= 11 is 0. The van der Waals surface area contributed by atoms with Crippen LogP contribution in [-0.4, -0.2) is 12.1 Å². The summed E-state index contributed by atoms with van der Waals surface area (Å²) < 4.78 is 12.0. The van der Waals surface area contributed by atoms with Crippen molar-refractivity contribution in [3.8, 4) is 5.75 Å². The first-order chi connectivity index (χ1) is 13.3. The number of aromatic nitrogens is 1. The van der Waals surface area contributed by atoms with Crippen molar-refractivity contribution in [1.82, 2.24) is 4.98 Å². The molecule has 0 aliphatic carbocycles. The second kappa shape index (κ2) is 6.39. The quantitative estimate of drug-likeness (QED) is 0.670. The molecule has 2 aliphatic heterocycles. The number of hydrogen-bond donors (Lipinski definition) is 0. The normalized spacial score (nSPS) is 23.1. The fourth-order valence-corrected chi connectivity index (χ4v) is 4.34. The molecule has 0 spiro atoms. The fraction of sp³-hybridized carbons (Fsp3) is 0.261. The zero-order valence-electron chi connectivity index (χ0n) is 15.3. The van der Waals surface area contributed by atoms with Crippen LogP contribution in [0.5, 0.6) is 5.75 Å². The largest absolute Gasteiger partial charge is 0.497 e. The molecular formula is C23H22N2O2. The van der Waals surface area contributed by atoms with Crippen LogP contribution >= 0.6 is 0 Å². The third-order valence-electron chi connectivity index (χ3n) is 5.66. The highest BCUT2D eigenvalue weighted by atomic mass is 16.5. The molecule has 2 aliphatic rings. The first-order valence-electron chi connectivity index (χ1n) is 9.39. The van der Waals surface area contributed by atoms with Gasteiger partial charge in [-0.15, -0.1) is 0 Å². The summed E-state index contributed by atoms with van der Waals surface area (Å²) in [5.41, 5.74) is 3.10. The Hall–Kier alpha value is -2.85. The van der Waals surface area contributed by atoms with Gasteiger partial charge in [0.1, 0.15) is 11.6 Å². The Bertz CT molecular complexity index is 942. The van der Waals surface area contributed by atoms with E-state index in [0.717, 1.165) is 36.5 Å². The van der Waals surface area contributed by atoms with E-state index in [4.69, 9.17) is 14.5 Å². The van der Waals surface area contributed by atoms with Crippen LogP contribution < -0.4 is 9.64 Å². The molecule has 0 N–H and O–H groups in total. The van der Waals surface area contributed by atoms with Gasteiger partial charge >= 0.3 is 0 Å². The van der Waals surface area contributed by atoms with E-state index in [2.05, 4.69) is 47.4 Å². The second-order valence-corrected chi connectivity index (χ2v) is 7.15. The Morgan fingerprint density at radius 3 is 2.67 bits per heavy atom. The number of ether oxygens (including phenoxy) is 2. The average molecular weight is 358 g/mol. The highest BCUT2D eigenvalue weighted by molar-refractivity contribution is 5.56. The van der Waals surface area contributed by atoms with E-state index in [1.54, 1.807) is 7.11 Å². The molecular weight excluding hydrogens is 336 g/mol. The van der Waals surface area contributed by atoms with E-state index in [0.29, 0.717) is 0 Å². The molecule has 1 fully saturated rings. The van der Waals surface area contributed by atoms with Gasteiger partial charge in [0, 0.05) is 30.3 Å². The zero-order valence-corrected chi connectivity index (χ0v) is 15.3. The first-order valence-corrected chi connectivity index (χ1v) is 9.39. The number of nitrogens with zero attached hydrogens (tertiary/aromatic N) is 2. The molecule has 3 aromatic rings. The Balaban J connectivity index is 1.64. The molecule has 3 heterocycles. The van der Waals surface area contributed by atoms with Gasteiger partial charge in [0.05, 0.1) is 13.2 Å². The van der Waals surface area contributed by atoms with Crippen LogP contribution in [0.1, 0.15) is 35.6 Å². The summed E-state index contributed by atoms with van der Waals surface area (Å²) in [6.07, 6.45) is 3.91. The molecule has 0 radical (unpaired) electrons. The number of fused-ring (bicyclic) bond motifs is 4. The standard InChI is InChI=1S/C23H22N2O2/c1-26-19-11-9-18(10-12-19)23-14-13-21(27-23)20-8-5-15-24-22(20)25(23)16-17-6-3-2-4-7-17/h2-12,15,21H,13-14,16H2,1H3. The number of rotatable bonds is 4. The number of benzene rings is 2. The molecule has 4 heteroatoms. The van der Waals surface area contributed by atoms with Gasteiger partial charge in [-0.25, -0.2) is 4.98 Å². The lowest BCUT2D eigenvalue weighted by molar-refractivity contribution is -0.0611. The highest BCUT2D eigenvalue weighted by Gasteiger charge is 2.52. The van der Waals surface area contributed by atoms with Crippen LogP contribution in [-0.2, 0) is 17.0 Å². The van der Waals surface area contributed by atoms with Crippen LogP contribution in [0.3, 0.4) is 0 Å². The van der Waals surface area contributed by atoms with Gasteiger partial charge in [-0.3, -0.25) is 0 Å². The van der Waals surface area contributed by atoms with Crippen LogP contribution in [0, 0.1) is 0 Å².